The Hall–Kier alpha value is -2.21. The van der Waals surface area contributed by atoms with Gasteiger partial charge in [-0.1, -0.05) is 12.1 Å². The highest BCUT2D eigenvalue weighted by Gasteiger charge is 2.24. The predicted molar refractivity (Wildman–Crippen MR) is 103 cm³/mol. The molecule has 0 atom stereocenters. The van der Waals surface area contributed by atoms with E-state index in [4.69, 9.17) is 5.11 Å². The highest BCUT2D eigenvalue weighted by Crippen LogP contribution is 2.37. The van der Waals surface area contributed by atoms with Crippen LogP contribution < -0.4 is 5.32 Å². The van der Waals surface area contributed by atoms with Crippen molar-refractivity contribution in [1.29, 1.82) is 0 Å². The van der Waals surface area contributed by atoms with E-state index in [0.29, 0.717) is 16.7 Å². The summed E-state index contributed by atoms with van der Waals surface area (Å²) in [6.07, 6.45) is 4.29. The van der Waals surface area contributed by atoms with Crippen LogP contribution in [-0.2, 0) is 4.79 Å². The Labute approximate surface area is 157 Å². The summed E-state index contributed by atoms with van der Waals surface area (Å²) in [5, 5.41) is 12.7. The molecule has 1 aliphatic carbocycles. The number of carbonyl (C=O) groups is 2. The third-order valence-corrected chi connectivity index (χ3v) is 6.13. The Morgan fingerprint density at radius 1 is 1.15 bits per heavy atom. The van der Waals surface area contributed by atoms with Gasteiger partial charge in [0.2, 0.25) is 0 Å². The molecular formula is C20H24N2O3S. The number of benzene rings is 1. The van der Waals surface area contributed by atoms with Gasteiger partial charge in [0, 0.05) is 12.1 Å². The monoisotopic (exact) mass is 372 g/mol. The van der Waals surface area contributed by atoms with Crippen LogP contribution in [0, 0.1) is 19.8 Å². The number of nitrogens with one attached hydrogen (secondary N) is 1. The zero-order valence-corrected chi connectivity index (χ0v) is 15.9. The van der Waals surface area contributed by atoms with E-state index in [0.717, 1.165) is 42.1 Å². The van der Waals surface area contributed by atoms with Gasteiger partial charge in [0.1, 0.15) is 4.88 Å². The van der Waals surface area contributed by atoms with Crippen molar-refractivity contribution in [3.8, 4) is 0 Å². The quantitative estimate of drug-likeness (QED) is 0.793. The number of aliphatic carboxylic acids is 1. The molecule has 1 aliphatic rings. The Kier molecular flexibility index (Phi) is 5.71. The lowest BCUT2D eigenvalue weighted by Gasteiger charge is -2.28. The average Bonchev–Trinajstić information content (AvgIpc) is 2.94. The summed E-state index contributed by atoms with van der Waals surface area (Å²) in [7, 11) is 0. The molecular weight excluding hydrogens is 348 g/mol. The van der Waals surface area contributed by atoms with Crippen LogP contribution in [0.15, 0.2) is 24.3 Å². The van der Waals surface area contributed by atoms with Crippen molar-refractivity contribution in [2.45, 2.75) is 51.9 Å². The van der Waals surface area contributed by atoms with E-state index < -0.39 is 5.97 Å². The largest absolute Gasteiger partial charge is 0.481 e. The Morgan fingerprint density at radius 2 is 1.81 bits per heavy atom. The number of carboxylic acids is 1. The number of rotatable bonds is 5. The number of carboxylic acid groups (broad SMARTS) is 1. The zero-order chi connectivity index (χ0) is 18.7. The summed E-state index contributed by atoms with van der Waals surface area (Å²) in [6, 6.07) is 8.03. The number of anilines is 1. The third kappa shape index (κ3) is 4.49. The van der Waals surface area contributed by atoms with E-state index in [9.17, 15) is 9.59 Å². The minimum atomic E-state index is -0.695. The summed E-state index contributed by atoms with van der Waals surface area (Å²) in [5.41, 5.74) is 2.81. The molecule has 2 aromatic rings. The number of aryl methyl sites for hydroxylation is 2. The fraction of sp³-hybridized carbons (Fsp3) is 0.450. The molecule has 5 nitrogen and oxygen atoms in total. The number of nitrogens with zero attached hydrogens (tertiary/aromatic N) is 1. The molecule has 1 saturated carbocycles. The molecule has 0 saturated heterocycles. The second-order valence-electron chi connectivity index (χ2n) is 7.04. The highest BCUT2D eigenvalue weighted by atomic mass is 32.1. The first-order valence-corrected chi connectivity index (χ1v) is 9.81. The molecule has 1 amide bonds. The van der Waals surface area contributed by atoms with Gasteiger partial charge in [0.15, 0.2) is 0 Å². The summed E-state index contributed by atoms with van der Waals surface area (Å²) in [6.45, 7) is 3.75. The standard InChI is InChI=1S/C20H24N2O3S/c1-12-19(26-13(2)21-12)20(25)22-17-9-7-16(8-10-17)15-5-3-14(4-6-15)11-18(23)24/h7-10,14-15H,3-6,11H2,1-2H3,(H,22,25)(H,23,24)/t14-,15-. The molecule has 6 heteroatoms. The van der Waals surface area contributed by atoms with Crippen molar-refractivity contribution < 1.29 is 14.7 Å². The Bertz CT molecular complexity index is 790. The zero-order valence-electron chi connectivity index (χ0n) is 15.1. The number of carbonyl (C=O) groups excluding carboxylic acids is 1. The second kappa shape index (κ2) is 7.99. The van der Waals surface area contributed by atoms with Gasteiger partial charge < -0.3 is 10.4 Å². The van der Waals surface area contributed by atoms with E-state index in [-0.39, 0.29) is 12.3 Å². The lowest BCUT2D eigenvalue weighted by atomic mass is 9.77. The van der Waals surface area contributed by atoms with Crippen LogP contribution in [0.25, 0.3) is 0 Å². The molecule has 0 bridgehead atoms. The molecule has 26 heavy (non-hydrogen) atoms. The normalized spacial score (nSPS) is 19.9. The first kappa shape index (κ1) is 18.6. The lowest BCUT2D eigenvalue weighted by molar-refractivity contribution is -0.138. The molecule has 1 heterocycles. The van der Waals surface area contributed by atoms with Crippen LogP contribution >= 0.6 is 11.3 Å². The van der Waals surface area contributed by atoms with E-state index in [1.54, 1.807) is 0 Å². The molecule has 0 radical (unpaired) electrons. The van der Waals surface area contributed by atoms with Crippen molar-refractivity contribution in [1.82, 2.24) is 4.98 Å². The molecule has 3 rings (SSSR count). The number of hydrogen-bond acceptors (Lipinski definition) is 4. The van der Waals surface area contributed by atoms with Gasteiger partial charge in [-0.05, 0) is 69.1 Å². The van der Waals surface area contributed by atoms with Crippen LogP contribution in [0.5, 0.6) is 0 Å². The van der Waals surface area contributed by atoms with E-state index in [1.165, 1.54) is 16.9 Å². The van der Waals surface area contributed by atoms with Gasteiger partial charge in [-0.25, -0.2) is 4.98 Å². The molecule has 1 aromatic carbocycles. The summed E-state index contributed by atoms with van der Waals surface area (Å²) in [4.78, 5) is 28.2. The summed E-state index contributed by atoms with van der Waals surface area (Å²) >= 11 is 1.41. The van der Waals surface area contributed by atoms with Crippen LogP contribution in [-0.4, -0.2) is 22.0 Å². The molecule has 138 valence electrons. The van der Waals surface area contributed by atoms with Crippen molar-refractivity contribution in [3.05, 3.63) is 45.4 Å². The number of thiazole rings is 1. The SMILES string of the molecule is Cc1nc(C)c(C(=O)Nc2ccc([C@H]3CC[C@H](CC(=O)O)CC3)cc2)s1. The van der Waals surface area contributed by atoms with E-state index in [1.807, 2.05) is 26.0 Å². The van der Waals surface area contributed by atoms with E-state index in [2.05, 4.69) is 22.4 Å². The van der Waals surface area contributed by atoms with E-state index >= 15 is 0 Å². The smallest absolute Gasteiger partial charge is 0.303 e. The number of amides is 1. The second-order valence-corrected chi connectivity index (χ2v) is 8.24. The summed E-state index contributed by atoms with van der Waals surface area (Å²) < 4.78 is 0. The van der Waals surface area contributed by atoms with Gasteiger partial charge >= 0.3 is 5.97 Å². The maximum atomic E-state index is 12.4. The van der Waals surface area contributed by atoms with Crippen LogP contribution in [0.3, 0.4) is 0 Å². The van der Waals surface area contributed by atoms with Crippen molar-refractivity contribution in [2.24, 2.45) is 5.92 Å². The third-order valence-electron chi connectivity index (χ3n) is 5.06. The Balaban J connectivity index is 1.58. The van der Waals surface area contributed by atoms with Crippen LogP contribution in [0.1, 0.15) is 64.0 Å². The highest BCUT2D eigenvalue weighted by molar-refractivity contribution is 7.13. The fourth-order valence-electron chi connectivity index (χ4n) is 3.72. The van der Waals surface area contributed by atoms with Crippen LogP contribution in [0.4, 0.5) is 5.69 Å². The minimum Gasteiger partial charge on any atom is -0.481 e. The lowest BCUT2D eigenvalue weighted by Crippen LogP contribution is -2.16. The minimum absolute atomic E-state index is 0.116. The predicted octanol–water partition coefficient (Wildman–Crippen LogP) is 4.76. The van der Waals surface area contributed by atoms with Gasteiger partial charge in [0.25, 0.3) is 5.91 Å². The molecule has 2 N–H and O–H groups in total. The molecule has 0 unspecified atom stereocenters. The van der Waals surface area contributed by atoms with Crippen molar-refractivity contribution in [2.75, 3.05) is 5.32 Å². The van der Waals surface area contributed by atoms with Gasteiger partial charge in [-0.2, -0.15) is 0 Å². The number of hydrogen-bond donors (Lipinski definition) is 2. The topological polar surface area (TPSA) is 79.3 Å². The van der Waals surface area contributed by atoms with Crippen LogP contribution in [0.2, 0.25) is 0 Å². The fourth-order valence-corrected chi connectivity index (χ4v) is 4.53. The molecule has 1 aromatic heterocycles. The van der Waals surface area contributed by atoms with Gasteiger partial charge in [-0.3, -0.25) is 9.59 Å². The maximum Gasteiger partial charge on any atom is 0.303 e. The summed E-state index contributed by atoms with van der Waals surface area (Å²) in [5.74, 6) is -0.0143. The van der Waals surface area contributed by atoms with Gasteiger partial charge in [-0.15, -0.1) is 11.3 Å². The molecule has 1 fully saturated rings. The van der Waals surface area contributed by atoms with Crippen molar-refractivity contribution >= 4 is 28.9 Å². The maximum absolute atomic E-state index is 12.4. The first-order valence-electron chi connectivity index (χ1n) is 8.99. The Morgan fingerprint density at radius 3 is 2.35 bits per heavy atom. The van der Waals surface area contributed by atoms with Crippen molar-refractivity contribution in [3.63, 3.8) is 0 Å². The number of aromatic nitrogens is 1. The molecule has 0 aliphatic heterocycles. The molecule has 0 spiro atoms. The average molecular weight is 372 g/mol. The van der Waals surface area contributed by atoms with Gasteiger partial charge in [0.05, 0.1) is 10.7 Å². The first-order chi connectivity index (χ1) is 12.4.